The highest BCUT2D eigenvalue weighted by molar-refractivity contribution is 6.32. The van der Waals surface area contributed by atoms with E-state index in [1.165, 1.54) is 13.8 Å². The molecule has 0 atom stereocenters. The molecule has 1 aromatic carbocycles. The number of Topliss-reactive ketones (excluding diaryl/α,β-unsaturated/α-hetero) is 2. The maximum absolute atomic E-state index is 11.5. The molecule has 3 heteroatoms. The van der Waals surface area contributed by atoms with E-state index in [1.54, 1.807) is 6.07 Å². The van der Waals surface area contributed by atoms with Gasteiger partial charge in [0, 0.05) is 5.02 Å². The highest BCUT2D eigenvalue weighted by atomic mass is 35.5. The SMILES string of the molecule is CC(=O)C(C(C)=O)c1cc(C)c(C)cc1Cl. The van der Waals surface area contributed by atoms with Crippen LogP contribution in [0.5, 0.6) is 0 Å². The minimum atomic E-state index is -0.730. The van der Waals surface area contributed by atoms with Crippen LogP contribution in [0.25, 0.3) is 0 Å². The average Bonchev–Trinajstić information content (AvgIpc) is 2.12. The van der Waals surface area contributed by atoms with Gasteiger partial charge in [0.05, 0.1) is 0 Å². The zero-order valence-corrected chi connectivity index (χ0v) is 10.7. The molecule has 1 rings (SSSR count). The number of hydrogen-bond donors (Lipinski definition) is 0. The summed E-state index contributed by atoms with van der Waals surface area (Å²) in [6.07, 6.45) is 0. The summed E-state index contributed by atoms with van der Waals surface area (Å²) in [5.41, 5.74) is 2.70. The quantitative estimate of drug-likeness (QED) is 0.758. The van der Waals surface area contributed by atoms with Crippen LogP contribution < -0.4 is 0 Å². The lowest BCUT2D eigenvalue weighted by atomic mass is 9.90. The summed E-state index contributed by atoms with van der Waals surface area (Å²) in [5, 5.41) is 0.485. The number of carbonyl (C=O) groups is 2. The van der Waals surface area contributed by atoms with Crippen LogP contribution in [-0.4, -0.2) is 11.6 Å². The van der Waals surface area contributed by atoms with Gasteiger partial charge in [0.2, 0.25) is 0 Å². The summed E-state index contributed by atoms with van der Waals surface area (Å²) in [7, 11) is 0. The smallest absolute Gasteiger partial charge is 0.144 e. The van der Waals surface area contributed by atoms with Gasteiger partial charge < -0.3 is 0 Å². The third-order valence-corrected chi connectivity index (χ3v) is 3.06. The van der Waals surface area contributed by atoms with Gasteiger partial charge in [-0.1, -0.05) is 17.7 Å². The molecule has 0 aliphatic heterocycles. The van der Waals surface area contributed by atoms with E-state index >= 15 is 0 Å². The first-order chi connectivity index (χ1) is 7.34. The van der Waals surface area contributed by atoms with Crippen molar-refractivity contribution in [2.45, 2.75) is 33.6 Å². The number of hydrogen-bond acceptors (Lipinski definition) is 2. The molecular formula is C13H15ClO2. The second kappa shape index (κ2) is 4.79. The van der Waals surface area contributed by atoms with Gasteiger partial charge in [0.25, 0.3) is 0 Å². The molecule has 0 saturated carbocycles. The molecule has 0 saturated heterocycles. The number of aryl methyl sites for hydroxylation is 2. The van der Waals surface area contributed by atoms with Gasteiger partial charge in [0.15, 0.2) is 0 Å². The lowest BCUT2D eigenvalue weighted by Gasteiger charge is -2.14. The molecule has 0 aromatic heterocycles. The molecule has 0 fully saturated rings. The fourth-order valence-electron chi connectivity index (χ4n) is 1.75. The van der Waals surface area contributed by atoms with Crippen LogP contribution in [0.1, 0.15) is 36.5 Å². The van der Waals surface area contributed by atoms with Crippen LogP contribution in [0.2, 0.25) is 5.02 Å². The first kappa shape index (κ1) is 12.9. The fraction of sp³-hybridized carbons (Fsp3) is 0.385. The van der Waals surface area contributed by atoms with Gasteiger partial charge in [-0.15, -0.1) is 0 Å². The zero-order chi connectivity index (χ0) is 12.5. The topological polar surface area (TPSA) is 34.1 Å². The van der Waals surface area contributed by atoms with E-state index in [2.05, 4.69) is 0 Å². The Bertz CT molecular complexity index is 435. The molecule has 0 spiro atoms. The average molecular weight is 239 g/mol. The summed E-state index contributed by atoms with van der Waals surface area (Å²) in [6.45, 7) is 6.71. The van der Waals surface area contributed by atoms with Crippen LogP contribution >= 0.6 is 11.6 Å². The van der Waals surface area contributed by atoms with E-state index in [-0.39, 0.29) is 11.6 Å². The largest absolute Gasteiger partial charge is 0.299 e. The first-order valence-electron chi connectivity index (χ1n) is 5.12. The number of halogens is 1. The van der Waals surface area contributed by atoms with Crippen molar-refractivity contribution in [3.63, 3.8) is 0 Å². The summed E-state index contributed by atoms with van der Waals surface area (Å²) in [5.74, 6) is -1.07. The highest BCUT2D eigenvalue weighted by Gasteiger charge is 2.24. The molecule has 1 aromatic rings. The van der Waals surface area contributed by atoms with Crippen molar-refractivity contribution < 1.29 is 9.59 Å². The molecule has 0 aliphatic rings. The Hall–Kier alpha value is -1.15. The Morgan fingerprint density at radius 1 is 1.06 bits per heavy atom. The molecule has 0 heterocycles. The van der Waals surface area contributed by atoms with E-state index in [0.717, 1.165) is 11.1 Å². The summed E-state index contributed by atoms with van der Waals surface area (Å²) >= 11 is 6.08. The van der Waals surface area contributed by atoms with Crippen molar-refractivity contribution in [2.75, 3.05) is 0 Å². The van der Waals surface area contributed by atoms with Crippen molar-refractivity contribution in [2.24, 2.45) is 0 Å². The minimum Gasteiger partial charge on any atom is -0.299 e. The van der Waals surface area contributed by atoms with Gasteiger partial charge in [-0.3, -0.25) is 9.59 Å². The fourth-order valence-corrected chi connectivity index (χ4v) is 2.08. The third-order valence-electron chi connectivity index (χ3n) is 2.74. The monoisotopic (exact) mass is 238 g/mol. The van der Waals surface area contributed by atoms with Crippen LogP contribution in [0, 0.1) is 13.8 Å². The van der Waals surface area contributed by atoms with Crippen LogP contribution in [-0.2, 0) is 9.59 Å². The number of benzene rings is 1. The van der Waals surface area contributed by atoms with Crippen LogP contribution in [0.15, 0.2) is 12.1 Å². The van der Waals surface area contributed by atoms with Crippen molar-refractivity contribution >= 4 is 23.2 Å². The molecule has 0 aliphatic carbocycles. The van der Waals surface area contributed by atoms with E-state index < -0.39 is 5.92 Å². The van der Waals surface area contributed by atoms with E-state index in [9.17, 15) is 9.59 Å². The van der Waals surface area contributed by atoms with E-state index in [1.807, 2.05) is 19.9 Å². The van der Waals surface area contributed by atoms with Crippen LogP contribution in [0.4, 0.5) is 0 Å². The van der Waals surface area contributed by atoms with Gasteiger partial charge in [-0.05, 0) is 50.5 Å². The molecular weight excluding hydrogens is 224 g/mol. The lowest BCUT2D eigenvalue weighted by molar-refractivity contribution is -0.126. The summed E-state index contributed by atoms with van der Waals surface area (Å²) < 4.78 is 0. The van der Waals surface area contributed by atoms with Gasteiger partial charge >= 0.3 is 0 Å². The molecule has 0 amide bonds. The lowest BCUT2D eigenvalue weighted by Crippen LogP contribution is -2.17. The molecule has 0 N–H and O–H groups in total. The molecule has 86 valence electrons. The Labute approximate surface area is 101 Å². The maximum atomic E-state index is 11.5. The van der Waals surface area contributed by atoms with E-state index in [4.69, 9.17) is 11.6 Å². The minimum absolute atomic E-state index is 0.169. The van der Waals surface area contributed by atoms with Gasteiger partial charge in [-0.2, -0.15) is 0 Å². The molecule has 0 bridgehead atoms. The molecule has 16 heavy (non-hydrogen) atoms. The summed E-state index contributed by atoms with van der Waals surface area (Å²) in [6, 6.07) is 3.62. The van der Waals surface area contributed by atoms with Crippen LogP contribution in [0.3, 0.4) is 0 Å². The second-order valence-electron chi connectivity index (χ2n) is 4.11. The number of ketones is 2. The number of rotatable bonds is 3. The Kier molecular flexibility index (Phi) is 3.87. The number of carbonyl (C=O) groups excluding carboxylic acids is 2. The van der Waals surface area contributed by atoms with E-state index in [0.29, 0.717) is 10.6 Å². The van der Waals surface area contributed by atoms with Crippen molar-refractivity contribution in [1.29, 1.82) is 0 Å². The second-order valence-corrected chi connectivity index (χ2v) is 4.52. The first-order valence-corrected chi connectivity index (χ1v) is 5.50. The molecule has 0 radical (unpaired) electrons. The Balaban J connectivity index is 3.35. The molecule has 2 nitrogen and oxygen atoms in total. The maximum Gasteiger partial charge on any atom is 0.144 e. The normalized spacial score (nSPS) is 10.6. The predicted molar refractivity (Wildman–Crippen MR) is 65.0 cm³/mol. The Morgan fingerprint density at radius 3 is 1.94 bits per heavy atom. The predicted octanol–water partition coefficient (Wildman–Crippen LogP) is 3.22. The van der Waals surface area contributed by atoms with Crippen molar-refractivity contribution in [1.82, 2.24) is 0 Å². The summed E-state index contributed by atoms with van der Waals surface area (Å²) in [4.78, 5) is 22.9. The van der Waals surface area contributed by atoms with Crippen molar-refractivity contribution in [3.8, 4) is 0 Å². The van der Waals surface area contributed by atoms with Crippen molar-refractivity contribution in [3.05, 3.63) is 33.8 Å². The standard InChI is InChI=1S/C13H15ClO2/c1-7-5-11(12(14)6-8(7)2)13(9(3)15)10(4)16/h5-6,13H,1-4H3. The highest BCUT2D eigenvalue weighted by Crippen LogP contribution is 2.29. The van der Waals surface area contributed by atoms with Gasteiger partial charge in [-0.25, -0.2) is 0 Å². The van der Waals surface area contributed by atoms with Gasteiger partial charge in [0.1, 0.15) is 17.5 Å². The Morgan fingerprint density at radius 2 is 1.50 bits per heavy atom. The molecule has 0 unspecified atom stereocenters. The zero-order valence-electron chi connectivity index (χ0n) is 9.93. The third kappa shape index (κ3) is 2.50.